The van der Waals surface area contributed by atoms with Gasteiger partial charge in [0.1, 0.15) is 0 Å². The monoisotopic (exact) mass is 142 g/mol. The molecule has 1 unspecified atom stereocenters. The van der Waals surface area contributed by atoms with Gasteiger partial charge in [0, 0.05) is 0 Å². The first-order valence-electron chi connectivity index (χ1n) is 4.25. The Balaban J connectivity index is 2.33. The average Bonchev–Trinajstić information content (AvgIpc) is 2.48. The van der Waals surface area contributed by atoms with Gasteiger partial charge in [0.05, 0.1) is 5.60 Å². The maximum atomic E-state index is 9.80. The number of hydrogen-bond acceptors (Lipinski definition) is 1. The Kier molecular flexibility index (Phi) is 2.04. The zero-order chi connectivity index (χ0) is 7.78. The molecule has 0 bridgehead atoms. The van der Waals surface area contributed by atoms with Crippen molar-refractivity contribution in [3.63, 3.8) is 0 Å². The highest BCUT2D eigenvalue weighted by Gasteiger charge is 2.33. The van der Waals surface area contributed by atoms with Gasteiger partial charge in [-0.1, -0.05) is 26.7 Å². The molecule has 1 aliphatic carbocycles. The highest BCUT2D eigenvalue weighted by molar-refractivity contribution is 4.85. The van der Waals surface area contributed by atoms with Crippen LogP contribution in [0.25, 0.3) is 0 Å². The van der Waals surface area contributed by atoms with Crippen molar-refractivity contribution in [3.8, 4) is 0 Å². The van der Waals surface area contributed by atoms with Crippen LogP contribution in [0.15, 0.2) is 0 Å². The second-order valence-corrected chi connectivity index (χ2v) is 4.16. The van der Waals surface area contributed by atoms with Gasteiger partial charge < -0.3 is 5.11 Å². The summed E-state index contributed by atoms with van der Waals surface area (Å²) < 4.78 is 0. The molecule has 1 aliphatic rings. The molecule has 10 heavy (non-hydrogen) atoms. The van der Waals surface area contributed by atoms with Crippen molar-refractivity contribution in [2.75, 3.05) is 0 Å². The molecule has 0 spiro atoms. The van der Waals surface area contributed by atoms with Crippen LogP contribution >= 0.6 is 0 Å². The number of hydrogen-bond donors (Lipinski definition) is 1. The summed E-state index contributed by atoms with van der Waals surface area (Å²) in [6.07, 6.45) is 3.68. The zero-order valence-electron chi connectivity index (χ0n) is 7.22. The normalized spacial score (nSPS) is 24.9. The van der Waals surface area contributed by atoms with Gasteiger partial charge in [0.15, 0.2) is 0 Å². The van der Waals surface area contributed by atoms with E-state index in [1.807, 2.05) is 6.92 Å². The van der Waals surface area contributed by atoms with Gasteiger partial charge in [-0.2, -0.15) is 0 Å². The Morgan fingerprint density at radius 3 is 2.30 bits per heavy atom. The van der Waals surface area contributed by atoms with Crippen molar-refractivity contribution in [2.45, 2.75) is 45.6 Å². The predicted molar refractivity (Wildman–Crippen MR) is 42.8 cm³/mol. The van der Waals surface area contributed by atoms with Crippen molar-refractivity contribution >= 4 is 0 Å². The van der Waals surface area contributed by atoms with Crippen LogP contribution in [-0.4, -0.2) is 10.7 Å². The topological polar surface area (TPSA) is 20.2 Å². The fourth-order valence-corrected chi connectivity index (χ4v) is 1.14. The Hall–Kier alpha value is -0.0400. The van der Waals surface area contributed by atoms with E-state index in [-0.39, 0.29) is 0 Å². The van der Waals surface area contributed by atoms with Crippen LogP contribution in [0.2, 0.25) is 0 Å². The molecular formula is C9H18O. The summed E-state index contributed by atoms with van der Waals surface area (Å²) in [5.74, 6) is 1.23. The quantitative estimate of drug-likeness (QED) is 0.640. The van der Waals surface area contributed by atoms with Crippen molar-refractivity contribution in [3.05, 3.63) is 0 Å². The summed E-state index contributed by atoms with van der Waals surface area (Å²) in [5, 5.41) is 9.80. The fourth-order valence-electron chi connectivity index (χ4n) is 1.14. The third kappa shape index (κ3) is 1.98. The second-order valence-electron chi connectivity index (χ2n) is 4.16. The van der Waals surface area contributed by atoms with Crippen molar-refractivity contribution in [2.24, 2.45) is 11.8 Å². The molecule has 0 saturated heterocycles. The van der Waals surface area contributed by atoms with Crippen LogP contribution in [0.3, 0.4) is 0 Å². The average molecular weight is 142 g/mol. The Morgan fingerprint density at radius 1 is 1.50 bits per heavy atom. The van der Waals surface area contributed by atoms with Crippen molar-refractivity contribution in [1.29, 1.82) is 0 Å². The second kappa shape index (κ2) is 2.54. The van der Waals surface area contributed by atoms with E-state index in [4.69, 9.17) is 0 Å². The molecule has 0 amide bonds. The van der Waals surface area contributed by atoms with Gasteiger partial charge in [0.25, 0.3) is 0 Å². The lowest BCUT2D eigenvalue weighted by Gasteiger charge is -2.27. The molecule has 0 aromatic rings. The van der Waals surface area contributed by atoms with Crippen LogP contribution < -0.4 is 0 Å². The molecule has 1 atom stereocenters. The third-order valence-corrected chi connectivity index (χ3v) is 2.64. The first-order valence-corrected chi connectivity index (χ1v) is 4.25. The Morgan fingerprint density at radius 2 is 2.00 bits per heavy atom. The van der Waals surface area contributed by atoms with Gasteiger partial charge in [-0.25, -0.2) is 0 Å². The molecule has 1 fully saturated rings. The fraction of sp³-hybridized carbons (Fsp3) is 1.00. The molecule has 0 heterocycles. The third-order valence-electron chi connectivity index (χ3n) is 2.64. The maximum Gasteiger partial charge on any atom is 0.0645 e. The van der Waals surface area contributed by atoms with Gasteiger partial charge >= 0.3 is 0 Å². The van der Waals surface area contributed by atoms with Crippen LogP contribution in [0.4, 0.5) is 0 Å². The molecule has 1 heteroatoms. The largest absolute Gasteiger partial charge is 0.390 e. The summed E-state index contributed by atoms with van der Waals surface area (Å²) in [6, 6.07) is 0. The summed E-state index contributed by atoms with van der Waals surface area (Å²) >= 11 is 0. The summed E-state index contributed by atoms with van der Waals surface area (Å²) in [6.45, 7) is 6.13. The summed E-state index contributed by atoms with van der Waals surface area (Å²) in [5.41, 5.74) is -0.416. The van der Waals surface area contributed by atoms with E-state index in [0.29, 0.717) is 5.92 Å². The van der Waals surface area contributed by atoms with Crippen LogP contribution in [-0.2, 0) is 0 Å². The van der Waals surface area contributed by atoms with Crippen LogP contribution in [0.1, 0.15) is 40.0 Å². The van der Waals surface area contributed by atoms with E-state index >= 15 is 0 Å². The minimum Gasteiger partial charge on any atom is -0.390 e. The summed E-state index contributed by atoms with van der Waals surface area (Å²) in [4.78, 5) is 0. The van der Waals surface area contributed by atoms with Crippen LogP contribution in [0, 0.1) is 11.8 Å². The molecule has 0 aliphatic heterocycles. The van der Waals surface area contributed by atoms with Gasteiger partial charge in [0.2, 0.25) is 0 Å². The van der Waals surface area contributed by atoms with Crippen LogP contribution in [0.5, 0.6) is 0 Å². The Labute approximate surface area is 63.4 Å². The van der Waals surface area contributed by atoms with Gasteiger partial charge in [-0.3, -0.25) is 0 Å². The molecule has 1 N–H and O–H groups in total. The first-order chi connectivity index (χ1) is 4.52. The lowest BCUT2D eigenvalue weighted by molar-refractivity contribution is 0.000327. The van der Waals surface area contributed by atoms with E-state index < -0.39 is 5.60 Å². The molecule has 0 aromatic heterocycles. The molecule has 60 valence electrons. The molecule has 0 aromatic carbocycles. The highest BCUT2D eigenvalue weighted by Crippen LogP contribution is 2.38. The Bertz CT molecular complexity index is 112. The minimum atomic E-state index is -0.416. The molecule has 0 radical (unpaired) electrons. The van der Waals surface area contributed by atoms with E-state index in [2.05, 4.69) is 13.8 Å². The van der Waals surface area contributed by atoms with E-state index in [1.54, 1.807) is 0 Å². The molecule has 1 nitrogen and oxygen atoms in total. The van der Waals surface area contributed by atoms with Crippen molar-refractivity contribution < 1.29 is 5.11 Å². The molecule has 1 saturated carbocycles. The zero-order valence-corrected chi connectivity index (χ0v) is 7.22. The van der Waals surface area contributed by atoms with E-state index in [0.717, 1.165) is 12.3 Å². The molecular weight excluding hydrogens is 124 g/mol. The van der Waals surface area contributed by atoms with Gasteiger partial charge in [-0.05, 0) is 25.2 Å². The van der Waals surface area contributed by atoms with Gasteiger partial charge in [-0.15, -0.1) is 0 Å². The summed E-state index contributed by atoms with van der Waals surface area (Å²) in [7, 11) is 0. The SMILES string of the molecule is CC(C)C(C)(O)CC1CC1. The number of rotatable bonds is 3. The minimum absolute atomic E-state index is 0.396. The molecule has 1 rings (SSSR count). The predicted octanol–water partition coefficient (Wildman–Crippen LogP) is 2.19. The maximum absolute atomic E-state index is 9.80. The van der Waals surface area contributed by atoms with E-state index in [1.165, 1.54) is 12.8 Å². The lowest BCUT2D eigenvalue weighted by atomic mass is 9.87. The first kappa shape index (κ1) is 8.06. The number of aliphatic hydroxyl groups is 1. The van der Waals surface area contributed by atoms with Crippen molar-refractivity contribution in [1.82, 2.24) is 0 Å². The smallest absolute Gasteiger partial charge is 0.0645 e. The van der Waals surface area contributed by atoms with E-state index in [9.17, 15) is 5.11 Å². The highest BCUT2D eigenvalue weighted by atomic mass is 16.3. The standard InChI is InChI=1S/C9H18O/c1-7(2)9(3,10)6-8-4-5-8/h7-8,10H,4-6H2,1-3H3. The lowest BCUT2D eigenvalue weighted by Crippen LogP contribution is -2.31.